The van der Waals surface area contributed by atoms with Gasteiger partial charge in [-0.2, -0.15) is 0 Å². The van der Waals surface area contributed by atoms with Crippen LogP contribution >= 0.6 is 0 Å². The van der Waals surface area contributed by atoms with Crippen molar-refractivity contribution in [3.63, 3.8) is 0 Å². The summed E-state index contributed by atoms with van der Waals surface area (Å²) in [7, 11) is 0. The first-order valence-corrected chi connectivity index (χ1v) is 10.1. The van der Waals surface area contributed by atoms with Gasteiger partial charge in [0.25, 0.3) is 11.8 Å². The van der Waals surface area contributed by atoms with Crippen molar-refractivity contribution in [1.29, 1.82) is 0 Å². The molecular formula is C21H26N4O3. The van der Waals surface area contributed by atoms with Gasteiger partial charge in [-0.25, -0.2) is 4.98 Å². The van der Waals surface area contributed by atoms with Crippen molar-refractivity contribution >= 4 is 17.5 Å². The first-order chi connectivity index (χ1) is 13.7. The highest BCUT2D eigenvalue weighted by molar-refractivity contribution is 5.93. The predicted molar refractivity (Wildman–Crippen MR) is 105 cm³/mol. The fraction of sp³-hybridized carbons (Fsp3) is 0.476. The molecule has 1 saturated carbocycles. The minimum absolute atomic E-state index is 0.0886. The molecule has 7 nitrogen and oxygen atoms in total. The van der Waals surface area contributed by atoms with Gasteiger partial charge in [0.15, 0.2) is 5.76 Å². The number of hydrogen-bond donors (Lipinski definition) is 1. The lowest BCUT2D eigenvalue weighted by Crippen LogP contribution is -2.50. The molecule has 0 spiro atoms. The zero-order valence-corrected chi connectivity index (χ0v) is 16.0. The number of nitrogens with zero attached hydrogens (tertiary/aromatic N) is 3. The van der Waals surface area contributed by atoms with Crippen LogP contribution in [0.25, 0.3) is 0 Å². The largest absolute Gasteiger partial charge is 0.459 e. The van der Waals surface area contributed by atoms with Crippen LogP contribution in [0.4, 0.5) is 5.69 Å². The van der Waals surface area contributed by atoms with Gasteiger partial charge in [0.1, 0.15) is 5.69 Å². The average molecular weight is 382 g/mol. The molecule has 0 atom stereocenters. The number of piperazine rings is 1. The van der Waals surface area contributed by atoms with E-state index in [1.165, 1.54) is 38.4 Å². The number of hydrogen-bond acceptors (Lipinski definition) is 5. The highest BCUT2D eigenvalue weighted by Gasteiger charge is 2.27. The van der Waals surface area contributed by atoms with E-state index >= 15 is 0 Å². The van der Waals surface area contributed by atoms with Crippen molar-refractivity contribution in [2.75, 3.05) is 31.5 Å². The number of anilines is 1. The van der Waals surface area contributed by atoms with Gasteiger partial charge in [-0.3, -0.25) is 9.59 Å². The van der Waals surface area contributed by atoms with E-state index in [4.69, 9.17) is 4.42 Å². The number of carbonyl (C=O) groups excluding carboxylic acids is 2. The second-order valence-electron chi connectivity index (χ2n) is 7.47. The highest BCUT2D eigenvalue weighted by atomic mass is 16.3. The summed E-state index contributed by atoms with van der Waals surface area (Å²) >= 11 is 0. The Morgan fingerprint density at radius 1 is 0.964 bits per heavy atom. The molecule has 2 aromatic rings. The van der Waals surface area contributed by atoms with Crippen LogP contribution in [0.5, 0.6) is 0 Å². The van der Waals surface area contributed by atoms with Crippen molar-refractivity contribution in [3.8, 4) is 0 Å². The van der Waals surface area contributed by atoms with Crippen LogP contribution in [0.15, 0.2) is 41.1 Å². The number of rotatable bonds is 4. The third-order valence-corrected chi connectivity index (χ3v) is 5.54. The minimum atomic E-state index is -0.131. The summed E-state index contributed by atoms with van der Waals surface area (Å²) in [6.45, 7) is 1.98. The molecule has 2 amide bonds. The Morgan fingerprint density at radius 2 is 1.68 bits per heavy atom. The van der Waals surface area contributed by atoms with Crippen LogP contribution in [0, 0.1) is 0 Å². The van der Waals surface area contributed by atoms with Gasteiger partial charge in [-0.1, -0.05) is 19.3 Å². The summed E-state index contributed by atoms with van der Waals surface area (Å²) in [5, 5.41) is 3.52. The maximum atomic E-state index is 12.7. The van der Waals surface area contributed by atoms with E-state index in [2.05, 4.69) is 10.3 Å². The number of nitrogens with one attached hydrogen (secondary N) is 1. The van der Waals surface area contributed by atoms with Gasteiger partial charge in [-0.05, 0) is 37.1 Å². The fourth-order valence-corrected chi connectivity index (χ4v) is 3.92. The summed E-state index contributed by atoms with van der Waals surface area (Å²) in [5.41, 5.74) is 1.41. The molecule has 1 saturated heterocycles. The van der Waals surface area contributed by atoms with Gasteiger partial charge >= 0.3 is 0 Å². The molecular weight excluding hydrogens is 356 g/mol. The van der Waals surface area contributed by atoms with Gasteiger partial charge in [0.2, 0.25) is 0 Å². The fourth-order valence-electron chi connectivity index (χ4n) is 3.92. The Bertz CT molecular complexity index is 790. The molecule has 0 aromatic carbocycles. The Labute approximate surface area is 164 Å². The number of aromatic nitrogens is 1. The van der Waals surface area contributed by atoms with E-state index in [1.54, 1.807) is 34.2 Å². The van der Waals surface area contributed by atoms with Crippen molar-refractivity contribution in [1.82, 2.24) is 14.8 Å². The minimum Gasteiger partial charge on any atom is -0.459 e. The number of pyridine rings is 1. The topological polar surface area (TPSA) is 78.7 Å². The summed E-state index contributed by atoms with van der Waals surface area (Å²) in [6, 6.07) is 7.59. The molecule has 1 N–H and O–H groups in total. The van der Waals surface area contributed by atoms with E-state index in [9.17, 15) is 9.59 Å². The molecule has 2 aliphatic rings. The SMILES string of the molecule is O=C(c1ccc(NC2CCCCC2)cn1)N1CCN(C(=O)c2ccco2)CC1. The molecule has 28 heavy (non-hydrogen) atoms. The van der Waals surface area contributed by atoms with Crippen molar-refractivity contribution < 1.29 is 14.0 Å². The van der Waals surface area contributed by atoms with E-state index in [1.807, 2.05) is 6.07 Å². The smallest absolute Gasteiger partial charge is 0.289 e. The zero-order valence-electron chi connectivity index (χ0n) is 16.0. The Morgan fingerprint density at radius 3 is 2.29 bits per heavy atom. The molecule has 2 fully saturated rings. The summed E-state index contributed by atoms with van der Waals surface area (Å²) < 4.78 is 5.17. The van der Waals surface area contributed by atoms with E-state index in [-0.39, 0.29) is 11.8 Å². The normalized spacial score (nSPS) is 18.1. The molecule has 4 rings (SSSR count). The second-order valence-corrected chi connectivity index (χ2v) is 7.47. The number of furan rings is 1. The van der Waals surface area contributed by atoms with Crippen LogP contribution in [0.3, 0.4) is 0 Å². The van der Waals surface area contributed by atoms with E-state index in [0.717, 1.165) is 5.69 Å². The van der Waals surface area contributed by atoms with Crippen molar-refractivity contribution in [2.45, 2.75) is 38.1 Å². The second kappa shape index (κ2) is 8.46. The molecule has 7 heteroatoms. The Hall–Kier alpha value is -2.83. The molecule has 1 aliphatic heterocycles. The zero-order chi connectivity index (χ0) is 19.3. The van der Waals surface area contributed by atoms with Gasteiger partial charge in [0.05, 0.1) is 18.1 Å². The van der Waals surface area contributed by atoms with Gasteiger partial charge in [-0.15, -0.1) is 0 Å². The van der Waals surface area contributed by atoms with Crippen molar-refractivity contribution in [3.05, 3.63) is 48.2 Å². The lowest BCUT2D eigenvalue weighted by molar-refractivity contribution is 0.0515. The molecule has 148 valence electrons. The lowest BCUT2D eigenvalue weighted by Gasteiger charge is -2.34. The Balaban J connectivity index is 1.30. The first-order valence-electron chi connectivity index (χ1n) is 10.1. The molecule has 3 heterocycles. The Kier molecular flexibility index (Phi) is 5.60. The van der Waals surface area contributed by atoms with E-state index in [0.29, 0.717) is 43.7 Å². The van der Waals surface area contributed by atoms with Gasteiger partial charge in [0, 0.05) is 32.2 Å². The number of carbonyl (C=O) groups is 2. The summed E-state index contributed by atoms with van der Waals surface area (Å²) in [4.78, 5) is 32.9. The number of amides is 2. The van der Waals surface area contributed by atoms with Crippen LogP contribution in [-0.2, 0) is 0 Å². The highest BCUT2D eigenvalue weighted by Crippen LogP contribution is 2.21. The third kappa shape index (κ3) is 4.18. The lowest BCUT2D eigenvalue weighted by atomic mass is 9.95. The average Bonchev–Trinajstić information content (AvgIpc) is 3.29. The van der Waals surface area contributed by atoms with E-state index < -0.39 is 0 Å². The standard InChI is InChI=1S/C21H26N4O3/c26-20(18-9-8-17(15-22-18)23-16-5-2-1-3-6-16)24-10-12-25(13-11-24)21(27)19-7-4-14-28-19/h4,7-9,14-16,23H,1-3,5-6,10-13H2. The predicted octanol–water partition coefficient (Wildman–Crippen LogP) is 3.02. The van der Waals surface area contributed by atoms with Crippen LogP contribution in [0.1, 0.15) is 53.1 Å². The molecule has 2 aromatic heterocycles. The quantitative estimate of drug-likeness (QED) is 0.879. The molecule has 0 unspecified atom stereocenters. The van der Waals surface area contributed by atoms with Gasteiger partial charge < -0.3 is 19.5 Å². The maximum Gasteiger partial charge on any atom is 0.289 e. The molecule has 1 aliphatic carbocycles. The summed E-state index contributed by atoms with van der Waals surface area (Å²) in [5.74, 6) is 0.116. The summed E-state index contributed by atoms with van der Waals surface area (Å²) in [6.07, 6.45) is 9.50. The monoisotopic (exact) mass is 382 g/mol. The van der Waals surface area contributed by atoms with Crippen molar-refractivity contribution in [2.24, 2.45) is 0 Å². The first kappa shape index (κ1) is 18.5. The third-order valence-electron chi connectivity index (χ3n) is 5.54. The van der Waals surface area contributed by atoms with Crippen LogP contribution in [0.2, 0.25) is 0 Å². The van der Waals surface area contributed by atoms with Crippen LogP contribution in [-0.4, -0.2) is 58.8 Å². The maximum absolute atomic E-state index is 12.7. The van der Waals surface area contributed by atoms with Crippen LogP contribution < -0.4 is 5.32 Å². The molecule has 0 radical (unpaired) electrons. The molecule has 0 bridgehead atoms.